The van der Waals surface area contributed by atoms with Gasteiger partial charge >= 0.3 is 0 Å². The zero-order valence-electron chi connectivity index (χ0n) is 11.2. The van der Waals surface area contributed by atoms with Crippen LogP contribution >= 0.6 is 0 Å². The second-order valence-corrected chi connectivity index (χ2v) is 4.51. The molecule has 1 fully saturated rings. The average molecular weight is 267 g/mol. The zero-order valence-corrected chi connectivity index (χ0v) is 11.2. The van der Waals surface area contributed by atoms with Crippen LogP contribution in [0.25, 0.3) is 0 Å². The summed E-state index contributed by atoms with van der Waals surface area (Å²) < 4.78 is 24.0. The lowest BCUT2D eigenvalue weighted by atomic mass is 10.1. The molecule has 1 aromatic carbocycles. The summed E-state index contributed by atoms with van der Waals surface area (Å²) in [6.07, 6.45) is 0.212. The number of ether oxygens (including phenoxy) is 2. The predicted molar refractivity (Wildman–Crippen MR) is 68.7 cm³/mol. The van der Waals surface area contributed by atoms with Crippen LogP contribution in [-0.4, -0.2) is 43.7 Å². The fourth-order valence-electron chi connectivity index (χ4n) is 2.06. The van der Waals surface area contributed by atoms with E-state index in [1.807, 2.05) is 6.92 Å². The van der Waals surface area contributed by atoms with Crippen molar-refractivity contribution in [2.75, 3.05) is 26.8 Å². The summed E-state index contributed by atoms with van der Waals surface area (Å²) >= 11 is 0. The van der Waals surface area contributed by atoms with E-state index in [2.05, 4.69) is 0 Å². The van der Waals surface area contributed by atoms with Crippen LogP contribution in [-0.2, 0) is 16.0 Å². The van der Waals surface area contributed by atoms with Crippen LogP contribution in [0.5, 0.6) is 5.75 Å². The average Bonchev–Trinajstić information content (AvgIpc) is 2.35. The highest BCUT2D eigenvalue weighted by Crippen LogP contribution is 2.19. The zero-order chi connectivity index (χ0) is 13.8. The number of carbonyl (C=O) groups excluding carboxylic acids is 1. The summed E-state index contributed by atoms with van der Waals surface area (Å²) in [5.41, 5.74) is 0.394. The van der Waals surface area contributed by atoms with Crippen molar-refractivity contribution in [1.29, 1.82) is 0 Å². The van der Waals surface area contributed by atoms with Gasteiger partial charge in [-0.05, 0) is 18.6 Å². The van der Waals surface area contributed by atoms with Gasteiger partial charge in [-0.15, -0.1) is 0 Å². The van der Waals surface area contributed by atoms with E-state index in [1.54, 1.807) is 17.0 Å². The molecule has 0 aliphatic carbocycles. The second kappa shape index (κ2) is 6.02. The number of likely N-dealkylation sites (tertiary alicyclic amines) is 1. The molecular formula is C14H18FNO3. The smallest absolute Gasteiger partial charge is 0.227 e. The number of rotatable bonds is 5. The van der Waals surface area contributed by atoms with E-state index in [0.29, 0.717) is 31.0 Å². The maximum absolute atomic E-state index is 13.7. The van der Waals surface area contributed by atoms with Gasteiger partial charge < -0.3 is 14.4 Å². The van der Waals surface area contributed by atoms with Crippen molar-refractivity contribution < 1.29 is 18.7 Å². The molecule has 104 valence electrons. The molecular weight excluding hydrogens is 249 g/mol. The Hall–Kier alpha value is -1.62. The summed E-state index contributed by atoms with van der Waals surface area (Å²) in [7, 11) is 1.48. The summed E-state index contributed by atoms with van der Waals surface area (Å²) in [5, 5.41) is 0. The molecule has 0 saturated carbocycles. The third-order valence-corrected chi connectivity index (χ3v) is 3.21. The monoisotopic (exact) mass is 267 g/mol. The van der Waals surface area contributed by atoms with E-state index in [1.165, 1.54) is 13.2 Å². The topological polar surface area (TPSA) is 38.8 Å². The van der Waals surface area contributed by atoms with Gasteiger partial charge in [0.1, 0.15) is 11.6 Å². The number of nitrogens with zero attached hydrogens (tertiary/aromatic N) is 1. The van der Waals surface area contributed by atoms with E-state index in [9.17, 15) is 9.18 Å². The van der Waals surface area contributed by atoms with Crippen LogP contribution in [0.4, 0.5) is 4.39 Å². The molecule has 1 aliphatic rings. The number of methoxy groups -OCH3 is 1. The van der Waals surface area contributed by atoms with Crippen molar-refractivity contribution in [3.8, 4) is 5.75 Å². The Balaban J connectivity index is 1.89. The van der Waals surface area contributed by atoms with Crippen molar-refractivity contribution in [2.24, 2.45) is 0 Å². The van der Waals surface area contributed by atoms with Gasteiger partial charge in [0.25, 0.3) is 0 Å². The first-order valence-electron chi connectivity index (χ1n) is 6.35. The van der Waals surface area contributed by atoms with Crippen LogP contribution in [0.15, 0.2) is 18.2 Å². The van der Waals surface area contributed by atoms with Gasteiger partial charge in [-0.25, -0.2) is 4.39 Å². The fourth-order valence-corrected chi connectivity index (χ4v) is 2.06. The van der Waals surface area contributed by atoms with Crippen LogP contribution in [0.3, 0.4) is 0 Å². The van der Waals surface area contributed by atoms with Crippen molar-refractivity contribution in [3.63, 3.8) is 0 Å². The van der Waals surface area contributed by atoms with Gasteiger partial charge in [-0.3, -0.25) is 4.79 Å². The van der Waals surface area contributed by atoms with E-state index < -0.39 is 5.82 Å². The van der Waals surface area contributed by atoms with Crippen LogP contribution in [0.2, 0.25) is 0 Å². The quantitative estimate of drug-likeness (QED) is 0.814. The first kappa shape index (κ1) is 13.8. The number of hydrogen-bond donors (Lipinski definition) is 0. The van der Waals surface area contributed by atoms with Gasteiger partial charge in [0, 0.05) is 25.8 Å². The molecule has 0 radical (unpaired) electrons. The Morgan fingerprint density at radius 1 is 1.47 bits per heavy atom. The minimum absolute atomic E-state index is 0.0694. The molecule has 0 atom stereocenters. The van der Waals surface area contributed by atoms with Gasteiger partial charge in [-0.2, -0.15) is 0 Å². The maximum atomic E-state index is 13.7. The number of carbonyl (C=O) groups is 1. The highest BCUT2D eigenvalue weighted by molar-refractivity contribution is 5.79. The molecule has 0 spiro atoms. The van der Waals surface area contributed by atoms with Gasteiger partial charge in [0.15, 0.2) is 0 Å². The summed E-state index contributed by atoms with van der Waals surface area (Å²) in [4.78, 5) is 13.6. The van der Waals surface area contributed by atoms with Crippen LogP contribution < -0.4 is 4.74 Å². The molecule has 4 nitrogen and oxygen atoms in total. The minimum atomic E-state index is -0.408. The molecule has 0 unspecified atom stereocenters. The normalized spacial score (nSPS) is 15.2. The maximum Gasteiger partial charge on any atom is 0.227 e. The highest BCUT2D eigenvalue weighted by atomic mass is 19.1. The Morgan fingerprint density at radius 3 is 2.79 bits per heavy atom. The first-order chi connectivity index (χ1) is 9.13. The molecule has 0 N–H and O–H groups in total. The van der Waals surface area contributed by atoms with Crippen LogP contribution in [0, 0.1) is 5.82 Å². The lowest BCUT2D eigenvalue weighted by molar-refractivity contribution is -0.143. The van der Waals surface area contributed by atoms with Gasteiger partial charge in [0.2, 0.25) is 5.91 Å². The number of hydrogen-bond acceptors (Lipinski definition) is 3. The third kappa shape index (κ3) is 3.23. The molecule has 1 saturated heterocycles. The molecule has 1 heterocycles. The van der Waals surface area contributed by atoms with Gasteiger partial charge in [0.05, 0.1) is 19.6 Å². The Bertz CT molecular complexity index is 458. The Labute approximate surface area is 112 Å². The Kier molecular flexibility index (Phi) is 4.37. The standard InChI is InChI=1S/C14H18FNO3/c1-3-19-12-8-16(9-12)14(17)6-10-4-5-11(18-2)7-13(10)15/h4-5,7,12H,3,6,8-9H2,1-2H3. The lowest BCUT2D eigenvalue weighted by Crippen LogP contribution is -2.55. The fraction of sp³-hybridized carbons (Fsp3) is 0.500. The van der Waals surface area contributed by atoms with E-state index >= 15 is 0 Å². The molecule has 0 bridgehead atoms. The molecule has 5 heteroatoms. The summed E-state index contributed by atoms with van der Waals surface area (Å²) in [6, 6.07) is 4.54. The third-order valence-electron chi connectivity index (χ3n) is 3.21. The van der Waals surface area contributed by atoms with Crippen molar-refractivity contribution in [1.82, 2.24) is 4.90 Å². The first-order valence-corrected chi connectivity index (χ1v) is 6.35. The second-order valence-electron chi connectivity index (χ2n) is 4.51. The number of amides is 1. The van der Waals surface area contributed by atoms with E-state index in [-0.39, 0.29) is 18.4 Å². The van der Waals surface area contributed by atoms with Crippen LogP contribution in [0.1, 0.15) is 12.5 Å². The van der Waals surface area contributed by atoms with Crippen molar-refractivity contribution in [2.45, 2.75) is 19.4 Å². The van der Waals surface area contributed by atoms with E-state index in [4.69, 9.17) is 9.47 Å². The van der Waals surface area contributed by atoms with Crippen molar-refractivity contribution in [3.05, 3.63) is 29.6 Å². The highest BCUT2D eigenvalue weighted by Gasteiger charge is 2.31. The summed E-state index contributed by atoms with van der Waals surface area (Å²) in [6.45, 7) is 3.78. The largest absolute Gasteiger partial charge is 0.497 e. The minimum Gasteiger partial charge on any atom is -0.497 e. The summed E-state index contributed by atoms with van der Waals surface area (Å²) in [5.74, 6) is -0.0244. The van der Waals surface area contributed by atoms with E-state index in [0.717, 1.165) is 0 Å². The molecule has 1 aliphatic heterocycles. The molecule has 1 aromatic rings. The van der Waals surface area contributed by atoms with Crippen molar-refractivity contribution >= 4 is 5.91 Å². The number of halogens is 1. The molecule has 0 aromatic heterocycles. The van der Waals surface area contributed by atoms with Gasteiger partial charge in [-0.1, -0.05) is 6.07 Å². The SMILES string of the molecule is CCOC1CN(C(=O)Cc2ccc(OC)cc2F)C1. The Morgan fingerprint density at radius 2 is 2.21 bits per heavy atom. The molecule has 1 amide bonds. The molecule has 2 rings (SSSR count). The molecule has 19 heavy (non-hydrogen) atoms. The predicted octanol–water partition coefficient (Wildman–Crippen LogP) is 1.62. The number of benzene rings is 1. The lowest BCUT2D eigenvalue weighted by Gasteiger charge is -2.38.